The van der Waals surface area contributed by atoms with Gasteiger partial charge in [-0.15, -0.1) is 0 Å². The van der Waals surface area contributed by atoms with E-state index in [0.29, 0.717) is 19.3 Å². The van der Waals surface area contributed by atoms with Crippen molar-refractivity contribution in [3.63, 3.8) is 0 Å². The summed E-state index contributed by atoms with van der Waals surface area (Å²) in [7, 11) is 0. The number of hydrogen-bond acceptors (Lipinski definition) is 11. The third kappa shape index (κ3) is 39.7. The van der Waals surface area contributed by atoms with Crippen molar-refractivity contribution < 1.29 is 58.2 Å². The largest absolute Gasteiger partial charge is 0.479 e. The van der Waals surface area contributed by atoms with Gasteiger partial charge < -0.3 is 39.0 Å². The van der Waals surface area contributed by atoms with Gasteiger partial charge in [0, 0.05) is 19.3 Å². The fourth-order valence-corrected chi connectivity index (χ4v) is 8.78. The highest BCUT2D eigenvalue weighted by Crippen LogP contribution is 2.26. The van der Waals surface area contributed by atoms with E-state index in [-0.39, 0.29) is 25.9 Å². The van der Waals surface area contributed by atoms with E-state index in [4.69, 9.17) is 23.7 Å². The van der Waals surface area contributed by atoms with E-state index >= 15 is 0 Å². The number of carboxylic acid groups (broad SMARTS) is 1. The lowest BCUT2D eigenvalue weighted by Crippen LogP contribution is -2.61. The number of hydrogen-bond donors (Lipinski definition) is 3. The summed E-state index contributed by atoms with van der Waals surface area (Å²) in [4.78, 5) is 51.0. The fourth-order valence-electron chi connectivity index (χ4n) is 8.78. The fraction of sp³-hybridized carbons (Fsp3) is 0.803. The van der Waals surface area contributed by atoms with E-state index in [1.54, 1.807) is 0 Å². The molecule has 1 fully saturated rings. The first kappa shape index (κ1) is 67.7. The molecule has 1 rings (SSSR count). The molecule has 6 atom stereocenters. The van der Waals surface area contributed by atoms with Crippen LogP contribution >= 0.6 is 0 Å². The summed E-state index contributed by atoms with van der Waals surface area (Å²) in [6, 6.07) is 0. The van der Waals surface area contributed by atoms with Crippen LogP contribution in [0, 0.1) is 0 Å². The van der Waals surface area contributed by atoms with Gasteiger partial charge in [-0.1, -0.05) is 211 Å². The minimum absolute atomic E-state index is 0.0612. The summed E-state index contributed by atoms with van der Waals surface area (Å²) in [5.41, 5.74) is 0. The molecule has 12 nitrogen and oxygen atoms in total. The van der Waals surface area contributed by atoms with Gasteiger partial charge in [0.1, 0.15) is 18.8 Å². The van der Waals surface area contributed by atoms with Gasteiger partial charge in [-0.3, -0.25) is 14.4 Å². The lowest BCUT2D eigenvalue weighted by Gasteiger charge is -2.40. The zero-order chi connectivity index (χ0) is 53.3. The van der Waals surface area contributed by atoms with Gasteiger partial charge in [0.25, 0.3) is 0 Å². The molecule has 1 aliphatic rings. The summed E-state index contributed by atoms with van der Waals surface area (Å²) >= 11 is 0. The Hall–Kier alpha value is -3.32. The molecule has 422 valence electrons. The molecular formula is C61H106O12. The smallest absolute Gasteiger partial charge is 0.335 e. The summed E-state index contributed by atoms with van der Waals surface area (Å²) in [6.45, 7) is 5.92. The van der Waals surface area contributed by atoms with Crippen LogP contribution in [0.2, 0.25) is 0 Å². The molecule has 73 heavy (non-hydrogen) atoms. The second-order valence-electron chi connectivity index (χ2n) is 20.3. The van der Waals surface area contributed by atoms with Crippen LogP contribution in [0.3, 0.4) is 0 Å². The number of carboxylic acids is 1. The predicted molar refractivity (Wildman–Crippen MR) is 294 cm³/mol. The number of aliphatic carboxylic acids is 1. The van der Waals surface area contributed by atoms with Crippen LogP contribution in [-0.2, 0) is 42.9 Å². The van der Waals surface area contributed by atoms with E-state index < -0.39 is 67.3 Å². The van der Waals surface area contributed by atoms with Gasteiger partial charge in [-0.25, -0.2) is 4.79 Å². The number of allylic oxidation sites excluding steroid dienone is 8. The van der Waals surface area contributed by atoms with Crippen molar-refractivity contribution in [3.8, 4) is 0 Å². The zero-order valence-electron chi connectivity index (χ0n) is 46.4. The average Bonchev–Trinajstić information content (AvgIpc) is 3.37. The van der Waals surface area contributed by atoms with Crippen LogP contribution in [0.5, 0.6) is 0 Å². The van der Waals surface area contributed by atoms with E-state index in [0.717, 1.165) is 116 Å². The molecule has 1 aliphatic heterocycles. The molecule has 0 aromatic heterocycles. The molecule has 0 bridgehead atoms. The second kappa shape index (κ2) is 49.6. The molecule has 0 aromatic rings. The molecule has 1 saturated heterocycles. The van der Waals surface area contributed by atoms with Gasteiger partial charge >= 0.3 is 23.9 Å². The van der Waals surface area contributed by atoms with Crippen LogP contribution in [0.15, 0.2) is 48.6 Å². The summed E-state index contributed by atoms with van der Waals surface area (Å²) in [5.74, 6) is -3.13. The third-order valence-corrected chi connectivity index (χ3v) is 13.4. The molecule has 0 spiro atoms. The van der Waals surface area contributed by atoms with Crippen LogP contribution in [0.1, 0.15) is 265 Å². The molecule has 3 N–H and O–H groups in total. The number of rotatable bonds is 50. The van der Waals surface area contributed by atoms with Crippen LogP contribution < -0.4 is 0 Å². The lowest BCUT2D eigenvalue weighted by atomic mass is 9.98. The summed E-state index contributed by atoms with van der Waals surface area (Å²) in [6.07, 6.45) is 46.5. The van der Waals surface area contributed by atoms with Crippen molar-refractivity contribution in [1.29, 1.82) is 0 Å². The van der Waals surface area contributed by atoms with Crippen molar-refractivity contribution >= 4 is 23.9 Å². The highest BCUT2D eigenvalue weighted by Gasteiger charge is 2.50. The Balaban J connectivity index is 2.68. The number of aliphatic hydroxyl groups is 2. The minimum Gasteiger partial charge on any atom is -0.479 e. The monoisotopic (exact) mass is 1030 g/mol. The zero-order valence-corrected chi connectivity index (χ0v) is 46.4. The van der Waals surface area contributed by atoms with Gasteiger partial charge in [-0.2, -0.15) is 0 Å². The van der Waals surface area contributed by atoms with E-state index in [1.807, 2.05) is 0 Å². The predicted octanol–water partition coefficient (Wildman–Crippen LogP) is 15.0. The van der Waals surface area contributed by atoms with E-state index in [1.165, 1.54) is 89.9 Å². The molecular weight excluding hydrogens is 925 g/mol. The van der Waals surface area contributed by atoms with Crippen LogP contribution in [0.4, 0.5) is 0 Å². The van der Waals surface area contributed by atoms with E-state index in [9.17, 15) is 34.5 Å². The Labute approximate surface area is 443 Å². The summed E-state index contributed by atoms with van der Waals surface area (Å²) < 4.78 is 28.4. The standard InChI is InChI=1S/C61H106O12/c1-4-7-10-13-16-19-22-24-25-26-27-28-29-31-33-35-38-41-44-47-53(62)69-50-52(71-54(63)48-45-42-39-37-34-30-23-20-17-14-11-8-5-2)51-70-61-59(57(66)56(65)58(73-61)60(67)68)72-55(64)49-46-43-40-36-32-21-18-15-12-9-6-3/h16,19-20,23-25,27-28,52,56-59,61,65-66H,4-15,17-18,21-22,26,29-51H2,1-3H3,(H,67,68)/b19-16-,23-20-,25-24-,28-27-. The highest BCUT2D eigenvalue weighted by molar-refractivity contribution is 5.74. The van der Waals surface area contributed by atoms with Gasteiger partial charge in [0.05, 0.1) is 6.61 Å². The first-order chi connectivity index (χ1) is 35.6. The number of carbonyl (C=O) groups is 4. The first-order valence-electron chi connectivity index (χ1n) is 29.6. The molecule has 6 unspecified atom stereocenters. The number of carbonyl (C=O) groups excluding carboxylic acids is 3. The highest BCUT2D eigenvalue weighted by atomic mass is 16.7. The summed E-state index contributed by atoms with van der Waals surface area (Å²) in [5, 5.41) is 31.4. The first-order valence-corrected chi connectivity index (χ1v) is 29.6. The normalized spacial score (nSPS) is 18.6. The van der Waals surface area contributed by atoms with Gasteiger partial charge in [-0.05, 0) is 83.5 Å². The molecule has 0 radical (unpaired) electrons. The second-order valence-corrected chi connectivity index (χ2v) is 20.3. The van der Waals surface area contributed by atoms with Gasteiger partial charge in [0.2, 0.25) is 0 Å². The Morgan fingerprint density at radius 1 is 0.452 bits per heavy atom. The van der Waals surface area contributed by atoms with Crippen molar-refractivity contribution in [3.05, 3.63) is 48.6 Å². The molecule has 0 aromatic carbocycles. The number of unbranched alkanes of at least 4 members (excludes halogenated alkanes) is 28. The molecule has 0 aliphatic carbocycles. The molecule has 1 heterocycles. The molecule has 0 saturated carbocycles. The van der Waals surface area contributed by atoms with Crippen molar-refractivity contribution in [2.24, 2.45) is 0 Å². The maximum absolute atomic E-state index is 13.1. The van der Waals surface area contributed by atoms with Gasteiger partial charge in [0.15, 0.2) is 24.6 Å². The Bertz CT molecular complexity index is 1460. The van der Waals surface area contributed by atoms with Crippen molar-refractivity contribution in [2.75, 3.05) is 13.2 Å². The maximum Gasteiger partial charge on any atom is 0.335 e. The SMILES string of the molecule is CCCCC/C=C\C/C=C\C/C=C\CCCCCCCCC(=O)OCC(COC1OC(C(=O)O)C(O)C(O)C1OC(=O)CCCCCCCCCCCCC)OC(=O)CCCCCCC/C=C\CCCCCC. The molecule has 0 amide bonds. The Morgan fingerprint density at radius 3 is 1.30 bits per heavy atom. The topological polar surface area (TPSA) is 175 Å². The lowest BCUT2D eigenvalue weighted by molar-refractivity contribution is -0.301. The maximum atomic E-state index is 13.1. The average molecular weight is 1030 g/mol. The minimum atomic E-state index is -1.90. The van der Waals surface area contributed by atoms with E-state index in [2.05, 4.69) is 69.4 Å². The molecule has 12 heteroatoms. The Kier molecular flexibility index (Phi) is 45.9. The third-order valence-electron chi connectivity index (χ3n) is 13.4. The number of ether oxygens (including phenoxy) is 5. The number of aliphatic hydroxyl groups excluding tert-OH is 2. The van der Waals surface area contributed by atoms with Crippen molar-refractivity contribution in [1.82, 2.24) is 0 Å². The Morgan fingerprint density at radius 2 is 0.822 bits per heavy atom. The van der Waals surface area contributed by atoms with Crippen LogP contribution in [0.25, 0.3) is 0 Å². The number of esters is 3. The van der Waals surface area contributed by atoms with Crippen LogP contribution in [-0.4, -0.2) is 89.2 Å². The van der Waals surface area contributed by atoms with Crippen molar-refractivity contribution in [2.45, 2.75) is 302 Å². The quantitative estimate of drug-likeness (QED) is 0.0228.